The van der Waals surface area contributed by atoms with Crippen molar-refractivity contribution in [3.8, 4) is 67.5 Å². The Morgan fingerprint density at radius 3 is 1.34 bits per heavy atom. The van der Waals surface area contributed by atoms with Gasteiger partial charge in [0.1, 0.15) is 17.0 Å². The molecule has 0 aliphatic rings. The number of carbonyl (C=O) groups excluding carboxylic acids is 2. The van der Waals surface area contributed by atoms with E-state index >= 15 is 0 Å². The van der Waals surface area contributed by atoms with E-state index in [1.54, 1.807) is 50.8 Å². The van der Waals surface area contributed by atoms with Gasteiger partial charge in [-0.2, -0.15) is 0 Å². The van der Waals surface area contributed by atoms with E-state index in [0.717, 1.165) is 139 Å². The third-order valence-electron chi connectivity index (χ3n) is 17.3. The number of para-hydroxylation sites is 2. The van der Waals surface area contributed by atoms with Gasteiger partial charge in [0.25, 0.3) is 0 Å². The molecule has 0 fully saturated rings. The van der Waals surface area contributed by atoms with E-state index in [-0.39, 0.29) is 115 Å². The molecule has 4 radical (unpaired) electrons. The predicted molar refractivity (Wildman–Crippen MR) is 458 cm³/mol. The van der Waals surface area contributed by atoms with Gasteiger partial charge in [-0.05, 0) is 147 Å². The second-order valence-electron chi connectivity index (χ2n) is 26.6. The van der Waals surface area contributed by atoms with Crippen molar-refractivity contribution in [3.63, 3.8) is 0 Å². The number of aliphatic hydroxyl groups excluding tert-OH is 2. The molecule has 606 valence electrons. The number of hydrogen-bond donors (Lipinski definition) is 2. The zero-order valence-corrected chi connectivity index (χ0v) is 75.8. The first-order valence-electron chi connectivity index (χ1n) is 36.8. The summed E-state index contributed by atoms with van der Waals surface area (Å²) in [5.41, 5.74) is 20.1. The predicted octanol–water partition coefficient (Wildman–Crippen LogP) is 25.3. The van der Waals surface area contributed by atoms with E-state index < -0.39 is 0 Å². The fourth-order valence-electron chi connectivity index (χ4n) is 12.2. The summed E-state index contributed by atoms with van der Waals surface area (Å²) in [5, 5.41) is 24.2. The number of rotatable bonds is 8. The third-order valence-corrected chi connectivity index (χ3v) is 17.3. The number of aliphatic hydroxyl groups is 2. The van der Waals surface area contributed by atoms with Gasteiger partial charge in [-0.15, -0.1) is 167 Å². The molecule has 0 saturated carbocycles. The third kappa shape index (κ3) is 26.8. The molecule has 18 rings (SSSR count). The van der Waals surface area contributed by atoms with Crippen molar-refractivity contribution in [2.24, 2.45) is 0 Å². The van der Waals surface area contributed by atoms with E-state index in [0.29, 0.717) is 11.1 Å². The van der Waals surface area contributed by atoms with Crippen molar-refractivity contribution in [1.82, 2.24) is 29.9 Å². The number of benzene rings is 10. The second-order valence-corrected chi connectivity index (χ2v) is 26.6. The number of ketones is 2. The zero-order chi connectivity index (χ0) is 81.2. The van der Waals surface area contributed by atoms with E-state index in [1.807, 2.05) is 225 Å². The number of allylic oxidation sites excluding steroid dienone is 4. The van der Waals surface area contributed by atoms with Crippen LogP contribution in [0.4, 0.5) is 8.78 Å². The van der Waals surface area contributed by atoms with Crippen molar-refractivity contribution in [2.75, 3.05) is 0 Å². The maximum Gasteiger partial charge on any atom is 0.155 e. The van der Waals surface area contributed by atoms with Gasteiger partial charge in [-0.1, -0.05) is 169 Å². The van der Waals surface area contributed by atoms with Crippen LogP contribution in [-0.2, 0) is 90.0 Å². The first-order valence-corrected chi connectivity index (χ1v) is 36.8. The van der Waals surface area contributed by atoms with Gasteiger partial charge >= 0.3 is 0 Å². The molecule has 0 spiro atoms. The number of fused-ring (bicyclic) bond motifs is 8. The van der Waals surface area contributed by atoms with Crippen LogP contribution in [-0.4, -0.2) is 51.7 Å². The molecule has 12 nitrogen and oxygen atoms in total. The second kappa shape index (κ2) is 46.9. The summed E-state index contributed by atoms with van der Waals surface area (Å²) in [5.74, 6) is -0.552. The average Bonchev–Trinajstić information content (AvgIpc) is 1.59. The molecule has 0 aliphatic carbocycles. The topological polar surface area (TPSA) is 178 Å². The van der Waals surface area contributed by atoms with Crippen LogP contribution in [0.1, 0.15) is 55.5 Å². The molecular formula is C101H80F2Ir4N6O6-6. The van der Waals surface area contributed by atoms with Crippen molar-refractivity contribution < 1.29 is 118 Å². The fraction of sp³-hybridized carbons (Fsp3) is 0.0891. The van der Waals surface area contributed by atoms with Gasteiger partial charge in [-0.3, -0.25) is 19.0 Å². The number of hydrogen-bond acceptors (Lipinski definition) is 12. The van der Waals surface area contributed by atoms with Crippen LogP contribution in [0.2, 0.25) is 0 Å². The smallest absolute Gasteiger partial charge is 0.155 e. The maximum atomic E-state index is 13.5. The Kier molecular flexibility index (Phi) is 37.1. The minimum absolute atomic E-state index is 0. The quantitative estimate of drug-likeness (QED) is 0.0837. The summed E-state index contributed by atoms with van der Waals surface area (Å²) in [4.78, 5) is 46.3. The number of carbonyl (C=O) groups is 2. The summed E-state index contributed by atoms with van der Waals surface area (Å²) in [6, 6.07) is 105. The van der Waals surface area contributed by atoms with E-state index in [2.05, 4.69) is 110 Å². The molecule has 0 atom stereocenters. The molecule has 18 aromatic rings. The van der Waals surface area contributed by atoms with Gasteiger partial charge in [0, 0.05) is 146 Å². The fourth-order valence-corrected chi connectivity index (χ4v) is 12.2. The average molecular weight is 2280 g/mol. The van der Waals surface area contributed by atoms with Crippen LogP contribution < -0.4 is 0 Å². The molecule has 8 heterocycles. The number of furan rings is 2. The number of aromatic nitrogens is 6. The minimum atomic E-state index is -0.237. The van der Waals surface area contributed by atoms with Gasteiger partial charge in [0.2, 0.25) is 0 Å². The minimum Gasteiger partial charge on any atom is -0.512 e. The molecular weight excluding hydrogens is 2200 g/mol. The summed E-state index contributed by atoms with van der Waals surface area (Å²) in [6.45, 7) is 15.3. The molecule has 0 amide bonds. The number of nitrogens with zero attached hydrogens (tertiary/aromatic N) is 6. The van der Waals surface area contributed by atoms with Gasteiger partial charge < -0.3 is 44.0 Å². The van der Waals surface area contributed by atoms with Crippen LogP contribution >= 0.6 is 0 Å². The number of aryl methyl sites for hydroxylation is 5. The SMILES string of the molecule is CC(=O)C=C(C)O.CC(=O)C=C(C)O.Cc1[c-]c(-c2ccc3cc(F)c(C)cc3n2)cc(C)c1.Cc1cc(-c2nccc3ccccc23)[c-]cc1F.Cc1ccnc(-c2[c-]ccc3c2oc2ccccc23)c1.[Ir].[Ir].[Ir].[Ir].[c-]1ccc2c(oc3ccccc32)c1-c1ccccn1.[c-]1ccccc1-c1ccccn1.[c-]1ccccc1-c1ccccn1. The van der Waals surface area contributed by atoms with Gasteiger partial charge in [0.05, 0.1) is 28.2 Å². The Hall–Kier alpha value is -11.9. The Bertz CT molecular complexity index is 6190. The van der Waals surface area contributed by atoms with Crippen LogP contribution in [0, 0.1) is 82.7 Å². The summed E-state index contributed by atoms with van der Waals surface area (Å²) < 4.78 is 38.8. The number of halogens is 2. The van der Waals surface area contributed by atoms with Gasteiger partial charge in [0.15, 0.2) is 11.6 Å². The normalized spacial score (nSPS) is 10.4. The Morgan fingerprint density at radius 2 is 0.857 bits per heavy atom. The molecule has 0 bridgehead atoms. The first kappa shape index (κ1) is 94.3. The molecule has 0 saturated heterocycles. The summed E-state index contributed by atoms with van der Waals surface area (Å²) in [6.07, 6.45) is 11.3. The van der Waals surface area contributed by atoms with Gasteiger partial charge in [-0.25, -0.2) is 4.39 Å². The summed E-state index contributed by atoms with van der Waals surface area (Å²) in [7, 11) is 0. The molecule has 10 aromatic carbocycles. The van der Waals surface area contributed by atoms with Crippen LogP contribution in [0.3, 0.4) is 0 Å². The Labute approximate surface area is 745 Å². The van der Waals surface area contributed by atoms with Crippen LogP contribution in [0.25, 0.3) is 133 Å². The zero-order valence-electron chi connectivity index (χ0n) is 66.2. The molecule has 18 heteroatoms. The first-order chi connectivity index (χ1) is 55.7. The Balaban J connectivity index is 0.000000191. The van der Waals surface area contributed by atoms with Crippen LogP contribution in [0.15, 0.2) is 330 Å². The molecule has 8 aromatic heterocycles. The van der Waals surface area contributed by atoms with Crippen LogP contribution in [0.5, 0.6) is 0 Å². The maximum absolute atomic E-state index is 13.5. The van der Waals surface area contributed by atoms with Crippen molar-refractivity contribution in [2.45, 2.75) is 62.3 Å². The largest absolute Gasteiger partial charge is 0.512 e. The molecule has 0 aliphatic heterocycles. The van der Waals surface area contributed by atoms with Crippen molar-refractivity contribution in [3.05, 3.63) is 397 Å². The monoisotopic (exact) mass is 2280 g/mol. The summed E-state index contributed by atoms with van der Waals surface area (Å²) >= 11 is 0. The molecule has 119 heavy (non-hydrogen) atoms. The van der Waals surface area contributed by atoms with Crippen molar-refractivity contribution in [1.29, 1.82) is 0 Å². The van der Waals surface area contributed by atoms with Crippen molar-refractivity contribution >= 4 is 77.1 Å². The standard InChI is InChI=1S/C18H15FN.C18H12NO.C17H10NO.C16H11FN.2C11H8N.2C5H8O2.4Ir/c1-11-6-12(2)8-15(7-11)17-5-4-14-10-16(19)13(3)9-18(14)20-17;1-12-9-10-19-16(11-12)15-7-4-6-14-13-5-2-3-8-17(13)20-18(14)15;1-2-10-16-12(6-1)13-7-5-8-14(17(13)19-16)15-9-3-4-11-18-15;1-11-10-13(6-7-15(11)17)16-14-5-3-2-4-12(14)8-9-18-16;2*1-2-6-10(7-3-1)11-8-4-5-9-12-11;2*1-4(6)3-5(2)7;;;;/h4-7,9-10H,1-3H3;2-6,8-11H,1H3;1-7,9-11H;2-5,7-10H,1H3;2*1-6,8-9H;2*3,6H,1-2H3;;;;/q6*-1;;;;;;. The number of pyridine rings is 6. The molecule has 2 N–H and O–H groups in total. The van der Waals surface area contributed by atoms with E-state index in [9.17, 15) is 18.4 Å². The molecule has 0 unspecified atom stereocenters. The Morgan fingerprint density at radius 1 is 0.370 bits per heavy atom. The van der Waals surface area contributed by atoms with E-state index in [4.69, 9.17) is 19.0 Å². The van der Waals surface area contributed by atoms with E-state index in [1.165, 1.54) is 63.1 Å².